The first-order valence-electron chi connectivity index (χ1n) is 12.7. The number of ether oxygens (including phenoxy) is 1. The Balaban J connectivity index is 1.42. The van der Waals surface area contributed by atoms with Gasteiger partial charge in [0.25, 0.3) is 0 Å². The molecule has 0 unspecified atom stereocenters. The van der Waals surface area contributed by atoms with Crippen molar-refractivity contribution in [2.24, 2.45) is 5.92 Å². The standard InChI is InChI=1S/C28H34ClN3O5/c1-18-14-20(4-9-25(18)37-13-12-31-26(33)10-11-30(3)28(31)36)17-32(24-15-22(16-24)27(34)35)19(2)21-5-7-23(29)8-6-21/h4-9,14,19,22,24H,10-13,15-17H2,1-3H3,(H,34,35)/t19-,22?,24?/m1/s1. The zero-order valence-corrected chi connectivity index (χ0v) is 22.3. The van der Waals surface area contributed by atoms with E-state index in [1.54, 1.807) is 11.9 Å². The molecular weight excluding hydrogens is 494 g/mol. The van der Waals surface area contributed by atoms with Crippen molar-refractivity contribution in [2.75, 3.05) is 26.7 Å². The largest absolute Gasteiger partial charge is 0.491 e. The number of aryl methyl sites for hydroxylation is 1. The van der Waals surface area contributed by atoms with Gasteiger partial charge >= 0.3 is 12.0 Å². The van der Waals surface area contributed by atoms with E-state index in [0.29, 0.717) is 43.1 Å². The lowest BCUT2D eigenvalue weighted by molar-refractivity contribution is -0.147. The molecule has 2 aromatic carbocycles. The number of benzene rings is 2. The minimum Gasteiger partial charge on any atom is -0.491 e. The zero-order chi connectivity index (χ0) is 26.7. The summed E-state index contributed by atoms with van der Waals surface area (Å²) in [6.45, 7) is 5.67. The highest BCUT2D eigenvalue weighted by Crippen LogP contribution is 2.38. The molecule has 2 fully saturated rings. The van der Waals surface area contributed by atoms with Crippen molar-refractivity contribution < 1.29 is 24.2 Å². The Hall–Kier alpha value is -3.10. The molecule has 3 amide bonds. The highest BCUT2D eigenvalue weighted by atomic mass is 35.5. The topological polar surface area (TPSA) is 90.4 Å². The molecule has 198 valence electrons. The molecule has 2 aliphatic rings. The number of halogens is 1. The third kappa shape index (κ3) is 6.25. The van der Waals surface area contributed by atoms with E-state index in [0.717, 1.165) is 16.7 Å². The lowest BCUT2D eigenvalue weighted by Gasteiger charge is -2.44. The number of nitrogens with zero attached hydrogens (tertiary/aromatic N) is 3. The predicted molar refractivity (Wildman–Crippen MR) is 141 cm³/mol. The summed E-state index contributed by atoms with van der Waals surface area (Å²) < 4.78 is 5.92. The van der Waals surface area contributed by atoms with Gasteiger partial charge < -0.3 is 14.7 Å². The first-order valence-corrected chi connectivity index (χ1v) is 13.0. The van der Waals surface area contributed by atoms with Gasteiger partial charge in [0.2, 0.25) is 5.91 Å². The van der Waals surface area contributed by atoms with Crippen molar-refractivity contribution in [2.45, 2.75) is 51.7 Å². The van der Waals surface area contributed by atoms with Crippen LogP contribution >= 0.6 is 11.6 Å². The summed E-state index contributed by atoms with van der Waals surface area (Å²) in [5, 5.41) is 10.1. The van der Waals surface area contributed by atoms with Gasteiger partial charge in [-0.15, -0.1) is 0 Å². The van der Waals surface area contributed by atoms with Crippen LogP contribution in [0.5, 0.6) is 5.75 Å². The van der Waals surface area contributed by atoms with Crippen LogP contribution < -0.4 is 4.74 Å². The monoisotopic (exact) mass is 527 g/mol. The average molecular weight is 528 g/mol. The fourth-order valence-corrected chi connectivity index (χ4v) is 5.16. The number of carbonyl (C=O) groups is 3. The van der Waals surface area contributed by atoms with Gasteiger partial charge in [-0.2, -0.15) is 0 Å². The third-order valence-corrected chi connectivity index (χ3v) is 7.73. The molecule has 0 spiro atoms. The maximum atomic E-state index is 12.2. The minimum atomic E-state index is -0.729. The lowest BCUT2D eigenvalue weighted by atomic mass is 9.78. The van der Waals surface area contributed by atoms with Gasteiger partial charge in [0.05, 0.1) is 12.5 Å². The summed E-state index contributed by atoms with van der Waals surface area (Å²) in [6.07, 6.45) is 1.60. The molecule has 9 heteroatoms. The molecule has 0 bridgehead atoms. The van der Waals surface area contributed by atoms with Crippen molar-refractivity contribution in [3.05, 3.63) is 64.2 Å². The number of hydrogen-bond donors (Lipinski definition) is 1. The number of carboxylic acid groups (broad SMARTS) is 1. The van der Waals surface area contributed by atoms with Gasteiger partial charge in [-0.25, -0.2) is 4.79 Å². The fraction of sp³-hybridized carbons (Fsp3) is 0.464. The molecule has 1 atom stereocenters. The molecule has 1 N–H and O–H groups in total. The van der Waals surface area contributed by atoms with Crippen LogP contribution in [0.2, 0.25) is 5.02 Å². The summed E-state index contributed by atoms with van der Waals surface area (Å²) >= 11 is 6.09. The minimum absolute atomic E-state index is 0.0889. The van der Waals surface area contributed by atoms with E-state index in [-0.39, 0.29) is 43.1 Å². The Morgan fingerprint density at radius 1 is 1.19 bits per heavy atom. The van der Waals surface area contributed by atoms with Gasteiger partial charge in [0.1, 0.15) is 12.4 Å². The summed E-state index contributed by atoms with van der Waals surface area (Å²) in [4.78, 5) is 40.9. The number of amides is 3. The lowest BCUT2D eigenvalue weighted by Crippen LogP contribution is -2.51. The van der Waals surface area contributed by atoms with Crippen molar-refractivity contribution >= 4 is 29.5 Å². The van der Waals surface area contributed by atoms with Gasteiger partial charge in [-0.05, 0) is 61.6 Å². The fourth-order valence-electron chi connectivity index (χ4n) is 5.03. The number of imide groups is 1. The number of urea groups is 1. The molecule has 37 heavy (non-hydrogen) atoms. The molecule has 4 rings (SSSR count). The highest BCUT2D eigenvalue weighted by molar-refractivity contribution is 6.30. The quantitative estimate of drug-likeness (QED) is 0.480. The van der Waals surface area contributed by atoms with Crippen LogP contribution in [-0.2, 0) is 16.1 Å². The summed E-state index contributed by atoms with van der Waals surface area (Å²) in [6, 6.07) is 13.8. The average Bonchev–Trinajstić information content (AvgIpc) is 2.83. The Kier molecular flexibility index (Phi) is 8.39. The summed E-state index contributed by atoms with van der Waals surface area (Å²) in [5.74, 6) is -0.483. The van der Waals surface area contributed by atoms with Gasteiger partial charge in [-0.1, -0.05) is 35.9 Å². The molecule has 1 aliphatic carbocycles. The number of rotatable bonds is 10. The second-order valence-electron chi connectivity index (χ2n) is 10.0. The van der Waals surface area contributed by atoms with Crippen molar-refractivity contribution in [3.63, 3.8) is 0 Å². The summed E-state index contributed by atoms with van der Waals surface area (Å²) in [7, 11) is 1.69. The molecule has 8 nitrogen and oxygen atoms in total. The third-order valence-electron chi connectivity index (χ3n) is 7.48. The maximum Gasteiger partial charge on any atom is 0.326 e. The van der Waals surface area contributed by atoms with Gasteiger partial charge in [0, 0.05) is 43.7 Å². The Morgan fingerprint density at radius 3 is 2.54 bits per heavy atom. The molecule has 2 aromatic rings. The van der Waals surface area contributed by atoms with Crippen LogP contribution in [0, 0.1) is 12.8 Å². The molecule has 1 aliphatic heterocycles. The molecule has 1 heterocycles. The van der Waals surface area contributed by atoms with E-state index in [1.165, 1.54) is 4.90 Å². The number of carbonyl (C=O) groups excluding carboxylic acids is 2. The normalized spacial score (nSPS) is 20.7. The Bertz CT molecular complexity index is 1150. The van der Waals surface area contributed by atoms with Crippen LogP contribution in [-0.4, -0.2) is 70.5 Å². The van der Waals surface area contributed by atoms with E-state index in [2.05, 4.69) is 17.9 Å². The van der Waals surface area contributed by atoms with E-state index < -0.39 is 5.97 Å². The number of hydrogen-bond acceptors (Lipinski definition) is 5. The first kappa shape index (κ1) is 26.9. The Labute approximate surface area is 222 Å². The van der Waals surface area contributed by atoms with E-state index in [4.69, 9.17) is 16.3 Å². The second-order valence-corrected chi connectivity index (χ2v) is 10.4. The molecule has 1 saturated carbocycles. The van der Waals surface area contributed by atoms with Crippen molar-refractivity contribution in [1.29, 1.82) is 0 Å². The SMILES string of the molecule is Cc1cc(CN(C2CC(C(=O)O)C2)[C@H](C)c2ccc(Cl)cc2)ccc1OCCN1C(=O)CCN(C)C1=O. The first-order chi connectivity index (χ1) is 17.6. The maximum absolute atomic E-state index is 12.2. The summed E-state index contributed by atoms with van der Waals surface area (Å²) in [5.41, 5.74) is 3.20. The van der Waals surface area contributed by atoms with Crippen LogP contribution in [0.1, 0.15) is 48.9 Å². The van der Waals surface area contributed by atoms with E-state index in [1.807, 2.05) is 43.3 Å². The van der Waals surface area contributed by atoms with Crippen LogP contribution in [0.3, 0.4) is 0 Å². The second kappa shape index (κ2) is 11.5. The van der Waals surface area contributed by atoms with Gasteiger partial charge in [-0.3, -0.25) is 19.4 Å². The van der Waals surface area contributed by atoms with Crippen molar-refractivity contribution in [1.82, 2.24) is 14.7 Å². The predicted octanol–water partition coefficient (Wildman–Crippen LogP) is 4.74. The van der Waals surface area contributed by atoms with Crippen LogP contribution in [0.15, 0.2) is 42.5 Å². The van der Waals surface area contributed by atoms with Gasteiger partial charge in [0.15, 0.2) is 0 Å². The highest BCUT2D eigenvalue weighted by Gasteiger charge is 2.39. The van der Waals surface area contributed by atoms with Crippen LogP contribution in [0.4, 0.5) is 4.79 Å². The molecular formula is C28H34ClN3O5. The van der Waals surface area contributed by atoms with E-state index >= 15 is 0 Å². The van der Waals surface area contributed by atoms with Crippen molar-refractivity contribution in [3.8, 4) is 5.75 Å². The number of aliphatic carboxylic acids is 1. The molecule has 0 aromatic heterocycles. The molecule has 1 saturated heterocycles. The molecule has 0 radical (unpaired) electrons. The smallest absolute Gasteiger partial charge is 0.326 e. The number of carboxylic acids is 1. The van der Waals surface area contributed by atoms with Crippen LogP contribution in [0.25, 0.3) is 0 Å². The Morgan fingerprint density at radius 2 is 1.89 bits per heavy atom. The van der Waals surface area contributed by atoms with E-state index in [9.17, 15) is 19.5 Å². The zero-order valence-electron chi connectivity index (χ0n) is 21.5.